The van der Waals surface area contributed by atoms with Gasteiger partial charge in [0.05, 0.1) is 5.02 Å². The smallest absolute Gasteiger partial charge is 0.0632 e. The number of fused-ring (bicyclic) bond motifs is 1. The molecule has 0 spiro atoms. The zero-order chi connectivity index (χ0) is 9.42. The molecule has 68 valence electrons. The molecule has 0 saturated heterocycles. The molecule has 1 aromatic heterocycles. The summed E-state index contributed by atoms with van der Waals surface area (Å²) in [5.41, 5.74) is 0. The van der Waals surface area contributed by atoms with Crippen molar-refractivity contribution in [2.45, 2.75) is 5.33 Å². The average Bonchev–Trinajstić information content (AvgIpc) is 2.42. The van der Waals surface area contributed by atoms with E-state index in [2.05, 4.69) is 37.9 Å². The van der Waals surface area contributed by atoms with Crippen molar-refractivity contribution >= 4 is 64.9 Å². The summed E-state index contributed by atoms with van der Waals surface area (Å²) in [6.45, 7) is 0. The maximum atomic E-state index is 6.17. The van der Waals surface area contributed by atoms with E-state index in [1.165, 1.54) is 9.58 Å². The molecule has 0 N–H and O–H groups in total. The molecular formula is C9H5Br2ClS. The minimum Gasteiger partial charge on any atom is -0.138 e. The van der Waals surface area contributed by atoms with Gasteiger partial charge in [-0.25, -0.2) is 0 Å². The van der Waals surface area contributed by atoms with Crippen molar-refractivity contribution in [1.82, 2.24) is 0 Å². The van der Waals surface area contributed by atoms with Crippen LogP contribution in [-0.2, 0) is 5.33 Å². The molecule has 0 atom stereocenters. The lowest BCUT2D eigenvalue weighted by atomic mass is 10.2. The maximum Gasteiger partial charge on any atom is 0.0632 e. The Labute approximate surface area is 102 Å². The fraction of sp³-hybridized carbons (Fsp3) is 0.111. The summed E-state index contributed by atoms with van der Waals surface area (Å²) in [5.74, 6) is 0. The van der Waals surface area contributed by atoms with Gasteiger partial charge in [-0.15, -0.1) is 11.3 Å². The second-order valence-corrected chi connectivity index (χ2v) is 5.60. The van der Waals surface area contributed by atoms with Crippen LogP contribution in [0, 0.1) is 0 Å². The predicted octanol–water partition coefficient (Wildman–Crippen LogP) is 5.21. The van der Waals surface area contributed by atoms with Crippen LogP contribution in [0.25, 0.3) is 10.1 Å². The molecule has 1 aromatic carbocycles. The average molecular weight is 340 g/mol. The number of alkyl halides is 1. The molecule has 0 aliphatic rings. The summed E-state index contributed by atoms with van der Waals surface area (Å²) in [4.78, 5) is 1.19. The molecule has 0 nitrogen and oxygen atoms in total. The summed E-state index contributed by atoms with van der Waals surface area (Å²) < 4.78 is 2.33. The van der Waals surface area contributed by atoms with E-state index in [0.29, 0.717) is 0 Å². The van der Waals surface area contributed by atoms with Crippen LogP contribution < -0.4 is 0 Å². The third-order valence-electron chi connectivity index (χ3n) is 1.78. The van der Waals surface area contributed by atoms with Gasteiger partial charge in [0.2, 0.25) is 0 Å². The number of halogens is 3. The quantitative estimate of drug-likeness (QED) is 0.625. The summed E-state index contributed by atoms with van der Waals surface area (Å²) >= 11 is 14.8. The third kappa shape index (κ3) is 1.80. The van der Waals surface area contributed by atoms with Crippen molar-refractivity contribution in [3.05, 3.63) is 32.6 Å². The fourth-order valence-corrected chi connectivity index (χ4v) is 3.86. The van der Waals surface area contributed by atoms with Gasteiger partial charge in [-0.05, 0) is 12.1 Å². The zero-order valence-electron chi connectivity index (χ0n) is 6.48. The lowest BCUT2D eigenvalue weighted by molar-refractivity contribution is 1.59. The molecule has 0 fully saturated rings. The molecule has 0 unspecified atom stereocenters. The molecule has 0 aliphatic carbocycles. The monoisotopic (exact) mass is 338 g/mol. The summed E-state index contributed by atoms with van der Waals surface area (Å²) in [6.07, 6.45) is 0. The van der Waals surface area contributed by atoms with Crippen LogP contribution >= 0.6 is 54.8 Å². The number of benzene rings is 1. The number of hydrogen-bond acceptors (Lipinski definition) is 1. The molecule has 2 rings (SSSR count). The summed E-state index contributed by atoms with van der Waals surface area (Å²) in [7, 11) is 0. The van der Waals surface area contributed by atoms with Crippen molar-refractivity contribution in [2.24, 2.45) is 0 Å². The number of rotatable bonds is 1. The van der Waals surface area contributed by atoms with E-state index < -0.39 is 0 Å². The number of thiophene rings is 1. The standard InChI is InChI=1S/C9H5Br2ClS/c10-4-8-9(12)6-2-1-5(11)3-7(6)13-8/h1-3H,4H2. The Balaban J connectivity index is 2.76. The first-order chi connectivity index (χ1) is 6.22. The van der Waals surface area contributed by atoms with Crippen LogP contribution in [0.15, 0.2) is 22.7 Å². The van der Waals surface area contributed by atoms with Gasteiger partial charge < -0.3 is 0 Å². The molecule has 0 saturated carbocycles. The van der Waals surface area contributed by atoms with Crippen molar-refractivity contribution in [1.29, 1.82) is 0 Å². The van der Waals surface area contributed by atoms with Gasteiger partial charge in [-0.1, -0.05) is 49.5 Å². The van der Waals surface area contributed by atoms with E-state index in [-0.39, 0.29) is 0 Å². The Bertz CT molecular complexity index is 450. The van der Waals surface area contributed by atoms with Crippen LogP contribution in [0.1, 0.15) is 4.88 Å². The van der Waals surface area contributed by atoms with Crippen LogP contribution in [0.4, 0.5) is 0 Å². The largest absolute Gasteiger partial charge is 0.138 e. The summed E-state index contributed by atoms with van der Waals surface area (Å²) in [5, 5.41) is 2.84. The van der Waals surface area contributed by atoms with E-state index in [1.54, 1.807) is 11.3 Å². The van der Waals surface area contributed by atoms with Gasteiger partial charge in [-0.2, -0.15) is 0 Å². The maximum absolute atomic E-state index is 6.17. The van der Waals surface area contributed by atoms with Gasteiger partial charge in [0.1, 0.15) is 0 Å². The molecule has 4 heteroatoms. The Morgan fingerprint density at radius 1 is 1.38 bits per heavy atom. The molecule has 0 aliphatic heterocycles. The van der Waals surface area contributed by atoms with Gasteiger partial charge in [-0.3, -0.25) is 0 Å². The molecule has 13 heavy (non-hydrogen) atoms. The van der Waals surface area contributed by atoms with Crippen molar-refractivity contribution in [2.75, 3.05) is 0 Å². The van der Waals surface area contributed by atoms with Crippen molar-refractivity contribution in [3.63, 3.8) is 0 Å². The molecule has 1 heterocycles. The second kappa shape index (κ2) is 3.89. The highest BCUT2D eigenvalue weighted by Gasteiger charge is 2.08. The third-order valence-corrected chi connectivity index (χ3v) is 4.90. The van der Waals surface area contributed by atoms with E-state index >= 15 is 0 Å². The van der Waals surface area contributed by atoms with E-state index in [9.17, 15) is 0 Å². The SMILES string of the molecule is Clc1c(CBr)sc2cc(Br)ccc12. The van der Waals surface area contributed by atoms with Crippen LogP contribution in [-0.4, -0.2) is 0 Å². The normalized spacial score (nSPS) is 11.0. The molecule has 0 bridgehead atoms. The van der Waals surface area contributed by atoms with E-state index in [0.717, 1.165) is 20.2 Å². The van der Waals surface area contributed by atoms with Crippen LogP contribution in [0.3, 0.4) is 0 Å². The fourth-order valence-electron chi connectivity index (χ4n) is 1.18. The Morgan fingerprint density at radius 3 is 2.85 bits per heavy atom. The number of hydrogen-bond donors (Lipinski definition) is 0. The first-order valence-corrected chi connectivity index (χ1v) is 6.75. The highest BCUT2D eigenvalue weighted by Crippen LogP contribution is 2.37. The lowest BCUT2D eigenvalue weighted by Gasteiger charge is -1.90. The first-order valence-electron chi connectivity index (χ1n) is 3.65. The molecule has 2 aromatic rings. The molecular weight excluding hydrogens is 335 g/mol. The second-order valence-electron chi connectivity index (χ2n) is 2.61. The Morgan fingerprint density at radius 2 is 2.15 bits per heavy atom. The topological polar surface area (TPSA) is 0 Å². The summed E-state index contributed by atoms with van der Waals surface area (Å²) in [6, 6.07) is 6.15. The first kappa shape index (κ1) is 9.97. The lowest BCUT2D eigenvalue weighted by Crippen LogP contribution is -1.67. The molecule has 0 radical (unpaired) electrons. The Hall–Kier alpha value is 0.430. The minimum atomic E-state index is 0.822. The van der Waals surface area contributed by atoms with Crippen LogP contribution in [0.5, 0.6) is 0 Å². The van der Waals surface area contributed by atoms with Gasteiger partial charge in [0.15, 0.2) is 0 Å². The highest BCUT2D eigenvalue weighted by atomic mass is 79.9. The predicted molar refractivity (Wildman–Crippen MR) is 67.2 cm³/mol. The molecule has 0 amide bonds. The van der Waals surface area contributed by atoms with E-state index in [4.69, 9.17) is 11.6 Å². The van der Waals surface area contributed by atoms with E-state index in [1.807, 2.05) is 12.1 Å². The van der Waals surface area contributed by atoms with Crippen LogP contribution in [0.2, 0.25) is 5.02 Å². The van der Waals surface area contributed by atoms with Gasteiger partial charge >= 0.3 is 0 Å². The van der Waals surface area contributed by atoms with Gasteiger partial charge in [0, 0.05) is 24.8 Å². The van der Waals surface area contributed by atoms with Gasteiger partial charge in [0.25, 0.3) is 0 Å². The van der Waals surface area contributed by atoms with Crippen molar-refractivity contribution in [3.8, 4) is 0 Å². The zero-order valence-corrected chi connectivity index (χ0v) is 11.2. The Kier molecular flexibility index (Phi) is 2.98. The van der Waals surface area contributed by atoms with Crippen molar-refractivity contribution < 1.29 is 0 Å². The minimum absolute atomic E-state index is 0.822. The highest BCUT2D eigenvalue weighted by molar-refractivity contribution is 9.10.